The van der Waals surface area contributed by atoms with Crippen LogP contribution < -0.4 is 0 Å². The van der Waals surface area contributed by atoms with Crippen molar-refractivity contribution in [2.45, 2.75) is 53.8 Å². The Morgan fingerprint density at radius 3 is 1.16 bits per heavy atom. The van der Waals surface area contributed by atoms with Crippen LogP contribution in [0.2, 0.25) is 0 Å². The van der Waals surface area contributed by atoms with Crippen molar-refractivity contribution in [3.8, 4) is 0 Å². The molecule has 0 atom stereocenters. The third-order valence-electron chi connectivity index (χ3n) is 1.45. The summed E-state index contributed by atoms with van der Waals surface area (Å²) in [5.41, 5.74) is 0. The molecule has 0 bridgehead atoms. The Kier molecular flexibility index (Phi) is 19.6. The van der Waals surface area contributed by atoms with Crippen LogP contribution in [0.15, 0.2) is 0 Å². The van der Waals surface area contributed by atoms with E-state index < -0.39 is 37.1 Å². The largest absolute Gasteiger partial charge is 0.454 e. The Labute approximate surface area is 161 Å². The van der Waals surface area contributed by atoms with Crippen LogP contribution in [-0.2, 0) is 69.9 Å². The zero-order valence-electron chi connectivity index (χ0n) is 15.2. The van der Waals surface area contributed by atoms with Crippen molar-refractivity contribution in [2.24, 2.45) is 0 Å². The first-order valence-corrected chi connectivity index (χ1v) is 7.03. The zero-order valence-corrected chi connectivity index (χ0v) is 16.7. The molecule has 0 aliphatic carbocycles. The minimum absolute atomic E-state index is 0. The van der Waals surface area contributed by atoms with Gasteiger partial charge in [-0.05, 0) is 27.7 Å². The van der Waals surface area contributed by atoms with E-state index in [9.17, 15) is 19.2 Å². The van der Waals surface area contributed by atoms with E-state index in [0.29, 0.717) is 0 Å². The van der Waals surface area contributed by atoms with Gasteiger partial charge >= 0.3 is 23.9 Å². The Balaban J connectivity index is -0.000000372. The smallest absolute Gasteiger partial charge is 0.379 e. The first-order valence-electron chi connectivity index (χ1n) is 7.03. The third kappa shape index (κ3) is 27.6. The molecule has 144 valence electrons. The summed E-state index contributed by atoms with van der Waals surface area (Å²) < 4.78 is 8.68. The predicted molar refractivity (Wildman–Crippen MR) is 77.9 cm³/mol. The van der Waals surface area contributed by atoms with Crippen LogP contribution in [-0.4, -0.2) is 49.3 Å². The van der Waals surface area contributed by atoms with Crippen molar-refractivity contribution >= 4 is 23.9 Å². The fourth-order valence-corrected chi connectivity index (χ4v) is 0.669. The molecule has 0 fully saturated rings. The second-order valence-electron chi connectivity index (χ2n) is 4.76. The number of esters is 2. The van der Waals surface area contributed by atoms with Gasteiger partial charge in [-0.25, -0.2) is 9.59 Å². The summed E-state index contributed by atoms with van der Waals surface area (Å²) >= 11 is 0. The number of rotatable bonds is 8. The van der Waals surface area contributed by atoms with Crippen molar-refractivity contribution in [1.82, 2.24) is 0 Å². The Morgan fingerprint density at radius 1 is 0.680 bits per heavy atom. The van der Waals surface area contributed by atoms with E-state index in [1.54, 1.807) is 27.7 Å². The van der Waals surface area contributed by atoms with Gasteiger partial charge in [0, 0.05) is 35.6 Å². The van der Waals surface area contributed by atoms with E-state index in [1.807, 2.05) is 0 Å². The third-order valence-corrected chi connectivity index (χ3v) is 1.45. The molecular formula is C14H24O10Ti. The Morgan fingerprint density at radius 2 is 0.960 bits per heavy atom. The van der Waals surface area contributed by atoms with Gasteiger partial charge in [0.2, 0.25) is 0 Å². The normalized spacial score (nSPS) is 9.28. The summed E-state index contributed by atoms with van der Waals surface area (Å²) in [6.45, 7) is 8.41. The summed E-state index contributed by atoms with van der Waals surface area (Å²) in [5.74, 6) is -2.51. The topological polar surface area (TPSA) is 124 Å². The van der Waals surface area contributed by atoms with Crippen molar-refractivity contribution in [2.75, 3.05) is 13.2 Å². The standard InChI is InChI=1S/2C7H12O5.Ti/c2*1-5(2)11-12-7(9)4-10-6(3)8;/h2*5H,4H2,1-3H3;. The predicted octanol–water partition coefficient (Wildman–Crippen LogP) is 0.863. The van der Waals surface area contributed by atoms with Crippen molar-refractivity contribution in [1.29, 1.82) is 0 Å². The molecule has 25 heavy (non-hydrogen) atoms. The number of hydrogen-bond donors (Lipinski definition) is 0. The fraction of sp³-hybridized carbons (Fsp3) is 0.714. The van der Waals surface area contributed by atoms with E-state index in [2.05, 4.69) is 29.0 Å². The summed E-state index contributed by atoms with van der Waals surface area (Å²) in [4.78, 5) is 59.2. The Hall–Kier alpha value is -1.49. The molecule has 0 aromatic rings. The summed E-state index contributed by atoms with van der Waals surface area (Å²) in [6, 6.07) is 0. The van der Waals surface area contributed by atoms with Crippen molar-refractivity contribution in [3.05, 3.63) is 0 Å². The summed E-state index contributed by atoms with van der Waals surface area (Å²) in [6.07, 6.45) is -0.405. The van der Waals surface area contributed by atoms with Gasteiger partial charge in [0.25, 0.3) is 0 Å². The molecule has 0 spiro atoms. The van der Waals surface area contributed by atoms with Gasteiger partial charge in [-0.1, -0.05) is 0 Å². The second-order valence-corrected chi connectivity index (χ2v) is 4.76. The molecule has 0 aromatic carbocycles. The number of carbonyl (C=O) groups is 4. The van der Waals surface area contributed by atoms with E-state index in [1.165, 1.54) is 13.8 Å². The van der Waals surface area contributed by atoms with Gasteiger partial charge in [0.1, 0.15) is 0 Å². The summed E-state index contributed by atoms with van der Waals surface area (Å²) in [7, 11) is 0. The monoisotopic (exact) mass is 400 g/mol. The van der Waals surface area contributed by atoms with Gasteiger partial charge in [-0.15, -0.1) is 0 Å². The van der Waals surface area contributed by atoms with Crippen molar-refractivity contribution < 1.29 is 69.9 Å². The number of ether oxygens (including phenoxy) is 2. The molecule has 0 radical (unpaired) electrons. The molecule has 0 rings (SSSR count). The molecule has 0 N–H and O–H groups in total. The van der Waals surface area contributed by atoms with Gasteiger partial charge in [0.05, 0.1) is 12.2 Å². The van der Waals surface area contributed by atoms with E-state index in [4.69, 9.17) is 0 Å². The Bertz CT molecular complexity index is 370. The van der Waals surface area contributed by atoms with E-state index >= 15 is 0 Å². The molecule has 11 heteroatoms. The molecule has 0 saturated heterocycles. The fourth-order valence-electron chi connectivity index (χ4n) is 0.669. The maximum atomic E-state index is 10.6. The molecule has 10 nitrogen and oxygen atoms in total. The maximum absolute atomic E-state index is 10.6. The van der Waals surface area contributed by atoms with E-state index in [0.717, 1.165) is 0 Å². The van der Waals surface area contributed by atoms with Gasteiger partial charge in [-0.2, -0.15) is 9.78 Å². The average Bonchev–Trinajstić information content (AvgIpc) is 2.47. The quantitative estimate of drug-likeness (QED) is 0.251. The second kappa shape index (κ2) is 17.3. The van der Waals surface area contributed by atoms with Crippen molar-refractivity contribution in [3.63, 3.8) is 0 Å². The molecule has 0 heterocycles. The number of carbonyl (C=O) groups excluding carboxylic acids is 4. The van der Waals surface area contributed by atoms with Crippen LogP contribution in [0.4, 0.5) is 0 Å². The van der Waals surface area contributed by atoms with Gasteiger partial charge < -0.3 is 9.47 Å². The molecule has 0 saturated carbocycles. The molecule has 0 aliphatic heterocycles. The molecule has 0 unspecified atom stereocenters. The van der Waals surface area contributed by atoms with Crippen LogP contribution in [0.1, 0.15) is 41.5 Å². The van der Waals surface area contributed by atoms with E-state index in [-0.39, 0.29) is 33.9 Å². The molecule has 0 aromatic heterocycles. The van der Waals surface area contributed by atoms with Crippen LogP contribution in [0.25, 0.3) is 0 Å². The van der Waals surface area contributed by atoms with Gasteiger partial charge in [0.15, 0.2) is 13.2 Å². The van der Waals surface area contributed by atoms with Crippen LogP contribution in [0.5, 0.6) is 0 Å². The number of hydrogen-bond acceptors (Lipinski definition) is 10. The molecule has 0 amide bonds. The minimum Gasteiger partial charge on any atom is -0.454 e. The maximum Gasteiger partial charge on any atom is 0.379 e. The van der Waals surface area contributed by atoms with Crippen LogP contribution >= 0.6 is 0 Å². The first kappa shape index (κ1) is 28.3. The first-order chi connectivity index (χ1) is 11.0. The molecular weight excluding hydrogens is 376 g/mol. The molecule has 0 aliphatic rings. The van der Waals surface area contributed by atoms with Crippen LogP contribution in [0.3, 0.4) is 0 Å². The van der Waals surface area contributed by atoms with Gasteiger partial charge in [-0.3, -0.25) is 19.4 Å². The average molecular weight is 400 g/mol. The SMILES string of the molecule is CC(=O)OCC(=O)OOC(C)C.CC(=O)OCC(=O)OOC(C)C.[Ti]. The van der Waals surface area contributed by atoms with Crippen LogP contribution in [0, 0.1) is 0 Å². The zero-order chi connectivity index (χ0) is 19.1. The minimum atomic E-state index is -0.723. The summed E-state index contributed by atoms with van der Waals surface area (Å²) in [5, 5.41) is 0.